The van der Waals surface area contributed by atoms with Crippen LogP contribution in [0, 0.1) is 0 Å². The van der Waals surface area contributed by atoms with Crippen molar-refractivity contribution in [3.05, 3.63) is 42.7 Å². The molecule has 0 saturated carbocycles. The van der Waals surface area contributed by atoms with Crippen molar-refractivity contribution in [2.45, 2.75) is 12.6 Å². The Labute approximate surface area is 99.0 Å². The minimum atomic E-state index is -0.710. The highest BCUT2D eigenvalue weighted by atomic mass is 16.1. The number of benzene rings is 1. The number of aromatic nitrogens is 2. The Balaban J connectivity index is 2.14. The van der Waals surface area contributed by atoms with Crippen LogP contribution in [-0.4, -0.2) is 21.7 Å². The van der Waals surface area contributed by atoms with Gasteiger partial charge in [-0.15, -0.1) is 0 Å². The van der Waals surface area contributed by atoms with Gasteiger partial charge in [0.05, 0.1) is 12.7 Å². The van der Waals surface area contributed by atoms with E-state index in [1.807, 2.05) is 36.5 Å². The van der Waals surface area contributed by atoms with E-state index < -0.39 is 11.9 Å². The topological polar surface area (TPSA) is 86.9 Å². The second-order valence-electron chi connectivity index (χ2n) is 3.83. The molecule has 1 aromatic heterocycles. The minimum Gasteiger partial charge on any atom is -0.368 e. The maximum atomic E-state index is 10.8. The number of rotatable bonds is 4. The fourth-order valence-electron chi connectivity index (χ4n) is 1.53. The Hall–Kier alpha value is -2.14. The van der Waals surface area contributed by atoms with E-state index in [9.17, 15) is 4.79 Å². The maximum Gasteiger partial charge on any atom is 0.236 e. The van der Waals surface area contributed by atoms with Crippen LogP contribution in [0.3, 0.4) is 0 Å². The van der Waals surface area contributed by atoms with E-state index in [2.05, 4.69) is 5.10 Å². The summed E-state index contributed by atoms with van der Waals surface area (Å²) < 4.78 is 1.62. The van der Waals surface area contributed by atoms with Crippen LogP contribution in [0.5, 0.6) is 0 Å². The lowest BCUT2D eigenvalue weighted by molar-refractivity contribution is -0.119. The molecule has 4 N–H and O–H groups in total. The van der Waals surface area contributed by atoms with Gasteiger partial charge < -0.3 is 11.5 Å². The molecule has 5 nitrogen and oxygen atoms in total. The highest BCUT2D eigenvalue weighted by Crippen LogP contribution is 2.17. The predicted molar refractivity (Wildman–Crippen MR) is 64.8 cm³/mol. The van der Waals surface area contributed by atoms with Gasteiger partial charge in [0.1, 0.15) is 6.04 Å². The molecule has 1 atom stereocenters. The Kier molecular flexibility index (Phi) is 3.20. The third-order valence-corrected chi connectivity index (χ3v) is 2.49. The molecule has 0 aliphatic rings. The van der Waals surface area contributed by atoms with Crippen LogP contribution in [0.4, 0.5) is 0 Å². The van der Waals surface area contributed by atoms with Crippen molar-refractivity contribution >= 4 is 5.91 Å². The fourth-order valence-corrected chi connectivity index (χ4v) is 1.53. The quantitative estimate of drug-likeness (QED) is 0.795. The molecule has 0 bridgehead atoms. The SMILES string of the molecule is NC(=O)C(N)Cn1cc(-c2ccccc2)cn1. The predicted octanol–water partition coefficient (Wildman–Crippen LogP) is 0.363. The van der Waals surface area contributed by atoms with Crippen molar-refractivity contribution in [3.8, 4) is 11.1 Å². The second kappa shape index (κ2) is 4.80. The molecule has 1 unspecified atom stereocenters. The largest absolute Gasteiger partial charge is 0.368 e. The Bertz CT molecular complexity index is 506. The van der Waals surface area contributed by atoms with Gasteiger partial charge in [-0.05, 0) is 5.56 Å². The highest BCUT2D eigenvalue weighted by molar-refractivity contribution is 5.79. The Morgan fingerprint density at radius 1 is 1.29 bits per heavy atom. The zero-order valence-corrected chi connectivity index (χ0v) is 9.28. The van der Waals surface area contributed by atoms with E-state index in [1.54, 1.807) is 10.9 Å². The maximum absolute atomic E-state index is 10.8. The summed E-state index contributed by atoms with van der Waals surface area (Å²) in [5, 5.41) is 4.14. The van der Waals surface area contributed by atoms with Crippen molar-refractivity contribution in [3.63, 3.8) is 0 Å². The number of nitrogens with zero attached hydrogens (tertiary/aromatic N) is 2. The number of amides is 1. The van der Waals surface area contributed by atoms with Crippen LogP contribution in [0.15, 0.2) is 42.7 Å². The van der Waals surface area contributed by atoms with E-state index in [-0.39, 0.29) is 0 Å². The molecule has 2 aromatic rings. The van der Waals surface area contributed by atoms with Gasteiger partial charge in [0.15, 0.2) is 0 Å². The molecule has 17 heavy (non-hydrogen) atoms. The molecule has 5 heteroatoms. The van der Waals surface area contributed by atoms with Crippen LogP contribution >= 0.6 is 0 Å². The monoisotopic (exact) mass is 230 g/mol. The van der Waals surface area contributed by atoms with Crippen LogP contribution in [0.1, 0.15) is 0 Å². The molecule has 0 radical (unpaired) electrons. The summed E-state index contributed by atoms with van der Waals surface area (Å²) in [4.78, 5) is 10.8. The third-order valence-electron chi connectivity index (χ3n) is 2.49. The van der Waals surface area contributed by atoms with Gasteiger partial charge in [-0.2, -0.15) is 5.10 Å². The highest BCUT2D eigenvalue weighted by Gasteiger charge is 2.10. The smallest absolute Gasteiger partial charge is 0.236 e. The molecular weight excluding hydrogens is 216 g/mol. The first-order chi connectivity index (χ1) is 8.16. The standard InChI is InChI=1S/C12H14N4O/c13-11(12(14)17)8-16-7-10(6-15-16)9-4-2-1-3-5-9/h1-7,11H,8,13H2,(H2,14,17). The normalized spacial score (nSPS) is 12.3. The molecule has 1 heterocycles. The Morgan fingerprint density at radius 2 is 2.00 bits per heavy atom. The van der Waals surface area contributed by atoms with E-state index in [0.717, 1.165) is 11.1 Å². The first-order valence-corrected chi connectivity index (χ1v) is 5.29. The van der Waals surface area contributed by atoms with Gasteiger partial charge in [-0.1, -0.05) is 30.3 Å². The van der Waals surface area contributed by atoms with Crippen molar-refractivity contribution in [1.29, 1.82) is 0 Å². The summed E-state index contributed by atoms with van der Waals surface area (Å²) in [7, 11) is 0. The molecule has 0 aliphatic heterocycles. The number of nitrogens with two attached hydrogens (primary N) is 2. The Morgan fingerprint density at radius 3 is 2.65 bits per heavy atom. The van der Waals surface area contributed by atoms with E-state index in [4.69, 9.17) is 11.5 Å². The number of carbonyl (C=O) groups excluding carboxylic acids is 1. The molecule has 2 rings (SSSR count). The third kappa shape index (κ3) is 2.70. The summed E-state index contributed by atoms with van der Waals surface area (Å²) in [6, 6.07) is 9.16. The van der Waals surface area contributed by atoms with Gasteiger partial charge >= 0.3 is 0 Å². The van der Waals surface area contributed by atoms with Gasteiger partial charge in [-0.3, -0.25) is 9.48 Å². The molecule has 1 aromatic carbocycles. The molecule has 1 amide bonds. The van der Waals surface area contributed by atoms with Crippen LogP contribution in [-0.2, 0) is 11.3 Å². The van der Waals surface area contributed by atoms with Gasteiger partial charge in [0.25, 0.3) is 0 Å². The zero-order chi connectivity index (χ0) is 12.3. The lowest BCUT2D eigenvalue weighted by Crippen LogP contribution is -2.39. The zero-order valence-electron chi connectivity index (χ0n) is 9.28. The molecule has 0 saturated heterocycles. The van der Waals surface area contributed by atoms with Crippen LogP contribution in [0.25, 0.3) is 11.1 Å². The molecular formula is C12H14N4O. The second-order valence-corrected chi connectivity index (χ2v) is 3.83. The number of primary amides is 1. The van der Waals surface area contributed by atoms with E-state index in [0.29, 0.717) is 6.54 Å². The average molecular weight is 230 g/mol. The summed E-state index contributed by atoms with van der Waals surface area (Å²) in [5.74, 6) is -0.526. The summed E-state index contributed by atoms with van der Waals surface area (Å²) >= 11 is 0. The number of hydrogen-bond acceptors (Lipinski definition) is 3. The van der Waals surface area contributed by atoms with Gasteiger partial charge in [0, 0.05) is 11.8 Å². The molecule has 88 valence electrons. The number of carbonyl (C=O) groups is 1. The van der Waals surface area contributed by atoms with E-state index >= 15 is 0 Å². The summed E-state index contributed by atoms with van der Waals surface area (Å²) in [5.41, 5.74) is 12.7. The summed E-state index contributed by atoms with van der Waals surface area (Å²) in [6.07, 6.45) is 3.58. The molecule has 0 spiro atoms. The van der Waals surface area contributed by atoms with E-state index in [1.165, 1.54) is 0 Å². The lowest BCUT2D eigenvalue weighted by Gasteiger charge is -2.06. The molecule has 0 aliphatic carbocycles. The van der Waals surface area contributed by atoms with Crippen molar-refractivity contribution in [2.24, 2.45) is 11.5 Å². The average Bonchev–Trinajstić information content (AvgIpc) is 2.78. The van der Waals surface area contributed by atoms with Gasteiger partial charge in [0.2, 0.25) is 5.91 Å². The minimum absolute atomic E-state index is 0.294. The first kappa shape index (κ1) is 11.3. The molecule has 0 fully saturated rings. The first-order valence-electron chi connectivity index (χ1n) is 5.29. The number of hydrogen-bond donors (Lipinski definition) is 2. The van der Waals surface area contributed by atoms with Crippen LogP contribution in [0.2, 0.25) is 0 Å². The summed E-state index contributed by atoms with van der Waals surface area (Å²) in [6.45, 7) is 0.294. The van der Waals surface area contributed by atoms with Crippen LogP contribution < -0.4 is 11.5 Å². The van der Waals surface area contributed by atoms with Crippen molar-refractivity contribution in [2.75, 3.05) is 0 Å². The van der Waals surface area contributed by atoms with Crippen molar-refractivity contribution in [1.82, 2.24) is 9.78 Å². The van der Waals surface area contributed by atoms with Crippen molar-refractivity contribution < 1.29 is 4.79 Å². The fraction of sp³-hybridized carbons (Fsp3) is 0.167. The van der Waals surface area contributed by atoms with Gasteiger partial charge in [-0.25, -0.2) is 0 Å². The lowest BCUT2D eigenvalue weighted by atomic mass is 10.1.